The molecule has 0 saturated heterocycles. The monoisotopic (exact) mass is 379 g/mol. The van der Waals surface area contributed by atoms with Gasteiger partial charge in [0, 0.05) is 32.2 Å². The van der Waals surface area contributed by atoms with E-state index in [1.807, 2.05) is 18.9 Å². The highest BCUT2D eigenvalue weighted by atomic mass is 16.7. The van der Waals surface area contributed by atoms with E-state index in [1.165, 1.54) is 38.5 Å². The van der Waals surface area contributed by atoms with Gasteiger partial charge in [-0.1, -0.05) is 25.7 Å². The highest BCUT2D eigenvalue weighted by Gasteiger charge is 2.42. The number of carbonyl (C=O) groups is 1. The van der Waals surface area contributed by atoms with Crippen LogP contribution in [0.5, 0.6) is 0 Å². The zero-order valence-corrected chi connectivity index (χ0v) is 17.1. The Hall–Kier alpha value is -1.07. The van der Waals surface area contributed by atoms with Crippen LogP contribution in [-0.4, -0.2) is 48.5 Å². The summed E-state index contributed by atoms with van der Waals surface area (Å²) >= 11 is 0. The molecule has 3 atom stereocenters. The molecule has 0 aromatic rings. The predicted molar refractivity (Wildman–Crippen MR) is 105 cm³/mol. The van der Waals surface area contributed by atoms with E-state index < -0.39 is 0 Å². The lowest BCUT2D eigenvalue weighted by Gasteiger charge is -2.44. The Morgan fingerprint density at radius 3 is 2.56 bits per heavy atom. The van der Waals surface area contributed by atoms with Crippen LogP contribution in [0.4, 0.5) is 0 Å². The van der Waals surface area contributed by atoms with Gasteiger partial charge in [0.15, 0.2) is 5.76 Å². The van der Waals surface area contributed by atoms with Gasteiger partial charge in [0.25, 0.3) is 5.91 Å². The van der Waals surface area contributed by atoms with Crippen molar-refractivity contribution in [3.05, 3.63) is 11.8 Å². The fourth-order valence-corrected chi connectivity index (χ4v) is 4.95. The van der Waals surface area contributed by atoms with Crippen LogP contribution in [0.25, 0.3) is 0 Å². The van der Waals surface area contributed by atoms with E-state index in [9.17, 15) is 9.90 Å². The lowest BCUT2D eigenvalue weighted by atomic mass is 9.68. The number of aliphatic hydroxyl groups is 1. The molecular weight excluding hydrogens is 342 g/mol. The van der Waals surface area contributed by atoms with E-state index in [2.05, 4.69) is 6.08 Å². The van der Waals surface area contributed by atoms with Gasteiger partial charge in [0.2, 0.25) is 6.29 Å². The summed E-state index contributed by atoms with van der Waals surface area (Å²) in [6.07, 6.45) is 12.9. The molecule has 0 spiro atoms. The first-order chi connectivity index (χ1) is 13.2. The maximum Gasteiger partial charge on any atom is 0.288 e. The molecule has 0 unspecified atom stereocenters. The molecule has 154 valence electrons. The van der Waals surface area contributed by atoms with Crippen molar-refractivity contribution in [1.29, 1.82) is 0 Å². The molecule has 1 aliphatic heterocycles. The fraction of sp³-hybridized carbons (Fsp3) is 0.864. The number of aliphatic hydroxyl groups excluding tert-OH is 1. The number of amides is 1. The van der Waals surface area contributed by atoms with Crippen molar-refractivity contribution >= 4 is 5.91 Å². The molecule has 2 saturated carbocycles. The van der Waals surface area contributed by atoms with Gasteiger partial charge in [-0.3, -0.25) is 4.79 Å². The van der Waals surface area contributed by atoms with E-state index in [4.69, 9.17) is 9.47 Å². The Morgan fingerprint density at radius 2 is 1.96 bits per heavy atom. The largest absolute Gasteiger partial charge is 0.459 e. The maximum absolute atomic E-state index is 13.2. The average Bonchev–Trinajstić information content (AvgIpc) is 2.65. The standard InChI is InChI=1S/C22H37NO4/c1-3-26-22-18(13-8-14-24)19(16-9-7-10-16)15-20(27-22)21(25)23(2)17-11-5-4-6-12-17/h15-19,22,24H,3-14H2,1-2H3/t18-,19-,22-/m0/s1. The van der Waals surface area contributed by atoms with Crippen LogP contribution in [0.3, 0.4) is 0 Å². The van der Waals surface area contributed by atoms with Gasteiger partial charge < -0.3 is 19.5 Å². The van der Waals surface area contributed by atoms with Crippen LogP contribution in [0.1, 0.15) is 71.1 Å². The predicted octanol–water partition coefficient (Wildman–Crippen LogP) is 3.86. The molecule has 5 heteroatoms. The first kappa shape index (κ1) is 20.7. The summed E-state index contributed by atoms with van der Waals surface area (Å²) in [6, 6.07) is 0.329. The summed E-state index contributed by atoms with van der Waals surface area (Å²) in [5.41, 5.74) is 0. The summed E-state index contributed by atoms with van der Waals surface area (Å²) in [6.45, 7) is 2.73. The van der Waals surface area contributed by atoms with Crippen molar-refractivity contribution in [2.45, 2.75) is 83.5 Å². The van der Waals surface area contributed by atoms with Crippen LogP contribution in [0.2, 0.25) is 0 Å². The van der Waals surface area contributed by atoms with E-state index >= 15 is 0 Å². The second-order valence-electron chi connectivity index (χ2n) is 8.48. The minimum Gasteiger partial charge on any atom is -0.459 e. The lowest BCUT2D eigenvalue weighted by Crippen LogP contribution is -2.45. The number of nitrogens with zero attached hydrogens (tertiary/aromatic N) is 1. The molecule has 3 aliphatic rings. The molecule has 3 rings (SSSR count). The smallest absolute Gasteiger partial charge is 0.288 e. The summed E-state index contributed by atoms with van der Waals surface area (Å²) in [4.78, 5) is 15.1. The van der Waals surface area contributed by atoms with Crippen molar-refractivity contribution < 1.29 is 19.4 Å². The number of ether oxygens (including phenoxy) is 2. The normalized spacial score (nSPS) is 29.6. The molecule has 27 heavy (non-hydrogen) atoms. The SMILES string of the molecule is CCO[C@H]1OC(C(=O)N(C)C2CCCCC2)=C[C@@H](C2CCC2)[C@@H]1CCCO. The number of rotatable bonds is 8. The third-order valence-electron chi connectivity index (χ3n) is 6.81. The summed E-state index contributed by atoms with van der Waals surface area (Å²) < 4.78 is 12.1. The Labute approximate surface area is 164 Å². The van der Waals surface area contributed by atoms with E-state index in [1.54, 1.807) is 0 Å². The third kappa shape index (κ3) is 4.86. The van der Waals surface area contributed by atoms with Crippen LogP contribution < -0.4 is 0 Å². The minimum absolute atomic E-state index is 0.0107. The third-order valence-corrected chi connectivity index (χ3v) is 6.81. The second kappa shape index (κ2) is 9.92. The van der Waals surface area contributed by atoms with Gasteiger partial charge in [-0.15, -0.1) is 0 Å². The molecule has 1 N–H and O–H groups in total. The van der Waals surface area contributed by atoms with Crippen molar-refractivity contribution in [2.24, 2.45) is 17.8 Å². The molecule has 1 heterocycles. The summed E-state index contributed by atoms with van der Waals surface area (Å²) in [7, 11) is 1.93. The number of hydrogen-bond acceptors (Lipinski definition) is 4. The molecule has 2 fully saturated rings. The highest BCUT2D eigenvalue weighted by molar-refractivity contribution is 5.91. The van der Waals surface area contributed by atoms with Crippen molar-refractivity contribution in [1.82, 2.24) is 4.90 Å². The number of carbonyl (C=O) groups excluding carboxylic acids is 1. The van der Waals surface area contributed by atoms with Gasteiger partial charge >= 0.3 is 0 Å². The first-order valence-electron chi connectivity index (χ1n) is 11.0. The molecule has 0 aromatic heterocycles. The molecule has 0 radical (unpaired) electrons. The Morgan fingerprint density at radius 1 is 1.22 bits per heavy atom. The fourth-order valence-electron chi connectivity index (χ4n) is 4.95. The first-order valence-corrected chi connectivity index (χ1v) is 11.0. The van der Waals surface area contributed by atoms with E-state index in [-0.39, 0.29) is 24.7 Å². The van der Waals surface area contributed by atoms with Gasteiger partial charge in [-0.2, -0.15) is 0 Å². The maximum atomic E-state index is 13.2. The average molecular weight is 380 g/mol. The molecular formula is C22H37NO4. The second-order valence-corrected chi connectivity index (χ2v) is 8.48. The molecule has 5 nitrogen and oxygen atoms in total. The minimum atomic E-state index is -0.379. The van der Waals surface area contributed by atoms with Gasteiger partial charge in [-0.25, -0.2) is 0 Å². The number of allylic oxidation sites excluding steroid dienone is 1. The molecule has 0 bridgehead atoms. The van der Waals surface area contributed by atoms with E-state index in [0.29, 0.717) is 30.2 Å². The van der Waals surface area contributed by atoms with Crippen molar-refractivity contribution in [3.63, 3.8) is 0 Å². The Bertz CT molecular complexity index is 510. The lowest BCUT2D eigenvalue weighted by molar-refractivity contribution is -0.181. The highest BCUT2D eigenvalue weighted by Crippen LogP contribution is 2.45. The topological polar surface area (TPSA) is 59.0 Å². The molecule has 2 aliphatic carbocycles. The van der Waals surface area contributed by atoms with Crippen LogP contribution in [0.15, 0.2) is 11.8 Å². The summed E-state index contributed by atoms with van der Waals surface area (Å²) in [5.74, 6) is 1.65. The van der Waals surface area contributed by atoms with Gasteiger partial charge in [0.05, 0.1) is 0 Å². The van der Waals surface area contributed by atoms with Crippen molar-refractivity contribution in [2.75, 3.05) is 20.3 Å². The Balaban J connectivity index is 1.77. The van der Waals surface area contributed by atoms with E-state index in [0.717, 1.165) is 25.7 Å². The van der Waals surface area contributed by atoms with Crippen LogP contribution >= 0.6 is 0 Å². The van der Waals surface area contributed by atoms with Crippen LogP contribution in [0, 0.1) is 17.8 Å². The van der Waals surface area contributed by atoms with Crippen LogP contribution in [-0.2, 0) is 14.3 Å². The van der Waals surface area contributed by atoms with Gasteiger partial charge in [-0.05, 0) is 63.4 Å². The van der Waals surface area contributed by atoms with Gasteiger partial charge in [0.1, 0.15) is 0 Å². The quantitative estimate of drug-likeness (QED) is 0.696. The molecule has 1 amide bonds. The van der Waals surface area contributed by atoms with Crippen molar-refractivity contribution in [3.8, 4) is 0 Å². The zero-order chi connectivity index (χ0) is 19.2. The molecule has 0 aromatic carbocycles. The Kier molecular flexibility index (Phi) is 7.59. The number of hydrogen-bond donors (Lipinski definition) is 1. The zero-order valence-electron chi connectivity index (χ0n) is 17.1. The summed E-state index contributed by atoms with van der Waals surface area (Å²) in [5, 5.41) is 9.31. The number of likely N-dealkylation sites (N-methyl/N-ethyl adjacent to an activating group) is 1.